The van der Waals surface area contributed by atoms with Gasteiger partial charge in [0, 0.05) is 49.4 Å². The lowest BCUT2D eigenvalue weighted by atomic mass is 10.0. The maximum Gasteiger partial charge on any atom is 0.0547 e. The predicted octanol–water partition coefficient (Wildman–Crippen LogP) is 14.3. The first kappa shape index (κ1) is 31.7. The van der Waals surface area contributed by atoms with E-state index >= 15 is 0 Å². The van der Waals surface area contributed by atoms with Crippen LogP contribution in [0.3, 0.4) is 0 Å². The quantitative estimate of drug-likeness (QED) is 0.168. The number of hydrogen-bond donors (Lipinski definition) is 0. The van der Waals surface area contributed by atoms with Crippen molar-refractivity contribution >= 4 is 65.4 Å². The molecule has 9 aromatic carbocycles. The van der Waals surface area contributed by atoms with Crippen molar-refractivity contribution in [3.63, 3.8) is 0 Å². The van der Waals surface area contributed by atoms with Gasteiger partial charge in [0.25, 0.3) is 0 Å². The molecule has 57 heavy (non-hydrogen) atoms. The van der Waals surface area contributed by atoms with Crippen molar-refractivity contribution in [1.82, 2.24) is 13.7 Å². The fourth-order valence-corrected chi connectivity index (χ4v) is 9.25. The third-order valence-electron chi connectivity index (χ3n) is 11.8. The maximum absolute atomic E-state index is 2.43. The summed E-state index contributed by atoms with van der Waals surface area (Å²) >= 11 is 0. The zero-order valence-electron chi connectivity index (χ0n) is 31.0. The molecule has 0 fully saturated rings. The highest BCUT2D eigenvalue weighted by atomic mass is 15.0. The van der Waals surface area contributed by atoms with E-state index in [0.29, 0.717) is 0 Å². The van der Waals surface area contributed by atoms with Crippen LogP contribution in [0.5, 0.6) is 0 Å². The Hall–Kier alpha value is -7.62. The summed E-state index contributed by atoms with van der Waals surface area (Å²) in [5.41, 5.74) is 15.6. The average molecular weight is 726 g/mol. The SMILES string of the molecule is c1ccc(-n2c3ccccc3c3cc(-c4ccc(-n5c6ccccc6c6ccc(-c7ccc8c(c7)c7ccccc7n8-c7ccccc7)cc65)cc4)ccc32)cc1. The van der Waals surface area contributed by atoms with Crippen LogP contribution in [0.2, 0.25) is 0 Å². The van der Waals surface area contributed by atoms with Crippen molar-refractivity contribution < 1.29 is 0 Å². The first-order chi connectivity index (χ1) is 28.3. The highest BCUT2D eigenvalue weighted by Crippen LogP contribution is 2.39. The van der Waals surface area contributed by atoms with Crippen LogP contribution < -0.4 is 0 Å². The van der Waals surface area contributed by atoms with Gasteiger partial charge < -0.3 is 13.7 Å². The third kappa shape index (κ3) is 4.86. The van der Waals surface area contributed by atoms with Crippen molar-refractivity contribution in [2.75, 3.05) is 0 Å². The minimum absolute atomic E-state index is 1.14. The van der Waals surface area contributed by atoms with Gasteiger partial charge in [0.1, 0.15) is 0 Å². The molecule has 266 valence electrons. The van der Waals surface area contributed by atoms with Gasteiger partial charge >= 0.3 is 0 Å². The van der Waals surface area contributed by atoms with Gasteiger partial charge in [-0.05, 0) is 107 Å². The van der Waals surface area contributed by atoms with E-state index in [1.807, 2.05) is 0 Å². The second-order valence-corrected chi connectivity index (χ2v) is 15.0. The number of benzene rings is 9. The Morgan fingerprint density at radius 3 is 1.05 bits per heavy atom. The Bertz CT molecular complexity index is 3490. The molecule has 0 aliphatic carbocycles. The van der Waals surface area contributed by atoms with Gasteiger partial charge in [-0.1, -0.05) is 127 Å². The van der Waals surface area contributed by atoms with Crippen molar-refractivity contribution in [3.05, 3.63) is 212 Å². The molecule has 12 aromatic rings. The van der Waals surface area contributed by atoms with Gasteiger partial charge in [0.15, 0.2) is 0 Å². The lowest BCUT2D eigenvalue weighted by Gasteiger charge is -2.11. The fraction of sp³-hybridized carbons (Fsp3) is 0. The van der Waals surface area contributed by atoms with Gasteiger partial charge in [-0.15, -0.1) is 0 Å². The number of fused-ring (bicyclic) bond motifs is 9. The molecule has 0 radical (unpaired) electrons. The molecule has 3 heteroatoms. The summed E-state index contributed by atoms with van der Waals surface area (Å²) in [4.78, 5) is 0. The summed E-state index contributed by atoms with van der Waals surface area (Å²) in [5, 5.41) is 7.54. The van der Waals surface area contributed by atoms with E-state index in [-0.39, 0.29) is 0 Å². The molecule has 0 saturated carbocycles. The Morgan fingerprint density at radius 1 is 0.193 bits per heavy atom. The zero-order valence-corrected chi connectivity index (χ0v) is 31.0. The first-order valence-electron chi connectivity index (χ1n) is 19.6. The minimum Gasteiger partial charge on any atom is -0.309 e. The van der Waals surface area contributed by atoms with Gasteiger partial charge in [0.05, 0.1) is 33.1 Å². The number of rotatable bonds is 5. The van der Waals surface area contributed by atoms with Gasteiger partial charge in [0.2, 0.25) is 0 Å². The molecular formula is C54H35N3. The molecule has 0 N–H and O–H groups in total. The van der Waals surface area contributed by atoms with E-state index in [1.54, 1.807) is 0 Å². The summed E-state index contributed by atoms with van der Waals surface area (Å²) in [6.45, 7) is 0. The normalized spacial score (nSPS) is 11.9. The zero-order chi connectivity index (χ0) is 37.5. The number of para-hydroxylation sites is 5. The van der Waals surface area contributed by atoms with Crippen LogP contribution in [0.1, 0.15) is 0 Å². The predicted molar refractivity (Wildman–Crippen MR) is 240 cm³/mol. The molecule has 0 aliphatic rings. The van der Waals surface area contributed by atoms with Crippen LogP contribution in [-0.2, 0) is 0 Å². The Morgan fingerprint density at radius 2 is 0.526 bits per heavy atom. The number of hydrogen-bond acceptors (Lipinski definition) is 0. The van der Waals surface area contributed by atoms with Gasteiger partial charge in [-0.25, -0.2) is 0 Å². The molecule has 0 unspecified atom stereocenters. The summed E-state index contributed by atoms with van der Waals surface area (Å²) in [5.74, 6) is 0. The van der Waals surface area contributed by atoms with Crippen LogP contribution in [0, 0.1) is 0 Å². The molecule has 3 nitrogen and oxygen atoms in total. The number of nitrogens with zero attached hydrogens (tertiary/aromatic N) is 3. The highest BCUT2D eigenvalue weighted by Gasteiger charge is 2.17. The van der Waals surface area contributed by atoms with E-state index in [9.17, 15) is 0 Å². The molecule has 0 bridgehead atoms. The van der Waals surface area contributed by atoms with Crippen LogP contribution in [0.25, 0.3) is 105 Å². The van der Waals surface area contributed by atoms with Crippen LogP contribution in [0.4, 0.5) is 0 Å². The Labute approximate surface area is 329 Å². The summed E-state index contributed by atoms with van der Waals surface area (Å²) in [7, 11) is 0. The van der Waals surface area contributed by atoms with Crippen molar-refractivity contribution in [3.8, 4) is 39.3 Å². The van der Waals surface area contributed by atoms with Gasteiger partial charge in [-0.3, -0.25) is 0 Å². The minimum atomic E-state index is 1.14. The maximum atomic E-state index is 2.43. The first-order valence-corrected chi connectivity index (χ1v) is 19.6. The average Bonchev–Trinajstić information content (AvgIpc) is 3.92. The van der Waals surface area contributed by atoms with Crippen LogP contribution >= 0.6 is 0 Å². The topological polar surface area (TPSA) is 14.8 Å². The van der Waals surface area contributed by atoms with E-state index < -0.39 is 0 Å². The monoisotopic (exact) mass is 725 g/mol. The third-order valence-corrected chi connectivity index (χ3v) is 11.8. The van der Waals surface area contributed by atoms with E-state index in [1.165, 1.54) is 99.0 Å². The Kier molecular flexibility index (Phi) is 6.93. The standard InChI is InChI=1S/C54H35N3/c1-3-13-40(14-4-1)55-50-21-11-8-18-44(50)47-33-37(26-31-52(47)55)36-23-28-42(29-24-36)57-49-20-10-7-17-43(49)46-30-25-39(35-54(46)57)38-27-32-53-48(34-38)45-19-9-12-22-51(45)56(53)41-15-5-2-6-16-41/h1-35H. The highest BCUT2D eigenvalue weighted by molar-refractivity contribution is 6.13. The van der Waals surface area contributed by atoms with Crippen molar-refractivity contribution in [2.24, 2.45) is 0 Å². The van der Waals surface area contributed by atoms with E-state index in [2.05, 4.69) is 226 Å². The molecule has 12 rings (SSSR count). The second-order valence-electron chi connectivity index (χ2n) is 15.0. The summed E-state index contributed by atoms with van der Waals surface area (Å²) in [6, 6.07) is 77.4. The van der Waals surface area contributed by atoms with Crippen LogP contribution in [-0.4, -0.2) is 13.7 Å². The lowest BCUT2D eigenvalue weighted by Crippen LogP contribution is -1.94. The molecule has 0 saturated heterocycles. The molecule has 3 aromatic heterocycles. The second kappa shape index (κ2) is 12.5. The summed E-state index contributed by atoms with van der Waals surface area (Å²) < 4.78 is 7.17. The molecule has 0 spiro atoms. The largest absolute Gasteiger partial charge is 0.309 e. The van der Waals surface area contributed by atoms with Crippen molar-refractivity contribution in [2.45, 2.75) is 0 Å². The van der Waals surface area contributed by atoms with E-state index in [4.69, 9.17) is 0 Å². The Balaban J connectivity index is 0.974. The summed E-state index contributed by atoms with van der Waals surface area (Å²) in [6.07, 6.45) is 0. The number of aromatic nitrogens is 3. The molecular weight excluding hydrogens is 691 g/mol. The smallest absolute Gasteiger partial charge is 0.0547 e. The van der Waals surface area contributed by atoms with Gasteiger partial charge in [-0.2, -0.15) is 0 Å². The lowest BCUT2D eigenvalue weighted by molar-refractivity contribution is 1.18. The molecule has 3 heterocycles. The molecule has 0 amide bonds. The fourth-order valence-electron chi connectivity index (χ4n) is 9.25. The van der Waals surface area contributed by atoms with Crippen molar-refractivity contribution in [1.29, 1.82) is 0 Å². The molecule has 0 aliphatic heterocycles. The van der Waals surface area contributed by atoms with Crippen LogP contribution in [0.15, 0.2) is 212 Å². The van der Waals surface area contributed by atoms with E-state index in [0.717, 1.165) is 5.69 Å². The molecule has 0 atom stereocenters.